The topological polar surface area (TPSA) is 100 Å². The molecule has 2 aromatic carbocycles. The number of likely N-dealkylation sites (tertiary alicyclic amines) is 1. The number of nitrogen functional groups attached to an aromatic ring is 1. The summed E-state index contributed by atoms with van der Waals surface area (Å²) >= 11 is 0. The first-order valence-corrected chi connectivity index (χ1v) is 12.7. The second kappa shape index (κ2) is 10.5. The largest absolute Gasteiger partial charge is 0.384 e. The van der Waals surface area contributed by atoms with E-state index in [2.05, 4.69) is 64.1 Å². The van der Waals surface area contributed by atoms with Gasteiger partial charge in [0.2, 0.25) is 11.8 Å². The van der Waals surface area contributed by atoms with Crippen molar-refractivity contribution in [3.8, 4) is 11.1 Å². The summed E-state index contributed by atoms with van der Waals surface area (Å²) in [5.74, 6) is 0.786. The van der Waals surface area contributed by atoms with Crippen LogP contribution in [0.1, 0.15) is 29.7 Å². The van der Waals surface area contributed by atoms with Gasteiger partial charge in [0, 0.05) is 18.8 Å². The van der Waals surface area contributed by atoms with E-state index in [-0.39, 0.29) is 17.9 Å². The molecule has 0 spiro atoms. The SMILES string of the molecule is Cc1nc(N)ccc1CNC(=O)[C@@H]1CCN1C(=O)[C@H]1C[C@H](Cc2ccc(-c3ccccc3)cc2)CN1. The third-order valence-electron chi connectivity index (χ3n) is 7.38. The molecular weight excluding hydrogens is 450 g/mol. The minimum Gasteiger partial charge on any atom is -0.384 e. The van der Waals surface area contributed by atoms with Crippen LogP contribution in [-0.2, 0) is 22.6 Å². The van der Waals surface area contributed by atoms with Crippen LogP contribution >= 0.6 is 0 Å². The van der Waals surface area contributed by atoms with Crippen LogP contribution in [0.2, 0.25) is 0 Å². The van der Waals surface area contributed by atoms with E-state index in [1.54, 1.807) is 11.0 Å². The summed E-state index contributed by atoms with van der Waals surface area (Å²) in [5.41, 5.74) is 11.1. The molecule has 3 aromatic rings. The van der Waals surface area contributed by atoms with Gasteiger partial charge in [-0.15, -0.1) is 0 Å². The molecule has 2 aliphatic heterocycles. The molecule has 3 atom stereocenters. The molecule has 1 aromatic heterocycles. The van der Waals surface area contributed by atoms with Crippen molar-refractivity contribution in [1.82, 2.24) is 20.5 Å². The van der Waals surface area contributed by atoms with E-state index in [1.165, 1.54) is 16.7 Å². The van der Waals surface area contributed by atoms with Crippen molar-refractivity contribution >= 4 is 17.6 Å². The monoisotopic (exact) mass is 483 g/mol. The Balaban J connectivity index is 1.11. The van der Waals surface area contributed by atoms with E-state index in [1.807, 2.05) is 19.1 Å². The fraction of sp³-hybridized carbons (Fsp3) is 0.345. The quantitative estimate of drug-likeness (QED) is 0.480. The first kappa shape index (κ1) is 24.0. The molecule has 2 aliphatic rings. The Morgan fingerprint density at radius 1 is 1.06 bits per heavy atom. The standard InChI is InChI=1S/C29H33N5O2/c1-19-24(11-12-27(30)33-19)18-32-28(35)26-13-14-34(26)29(36)25-16-21(17-31-25)15-20-7-9-23(10-8-20)22-5-3-2-4-6-22/h2-12,21,25-26,31H,13-18H2,1H3,(H2,30,33)(H,32,35)/t21-,25+,26-/m0/s1. The van der Waals surface area contributed by atoms with Crippen LogP contribution in [0.4, 0.5) is 5.82 Å². The average Bonchev–Trinajstić information content (AvgIpc) is 3.32. The van der Waals surface area contributed by atoms with Crippen molar-refractivity contribution in [2.45, 2.75) is 44.8 Å². The van der Waals surface area contributed by atoms with E-state index >= 15 is 0 Å². The van der Waals surface area contributed by atoms with Crippen molar-refractivity contribution in [2.24, 2.45) is 5.92 Å². The molecule has 7 heteroatoms. The molecule has 2 saturated heterocycles. The molecule has 3 heterocycles. The number of aromatic nitrogens is 1. The number of rotatable bonds is 7. The number of hydrogen-bond donors (Lipinski definition) is 3. The van der Waals surface area contributed by atoms with Crippen molar-refractivity contribution in [1.29, 1.82) is 0 Å². The predicted molar refractivity (Wildman–Crippen MR) is 141 cm³/mol. The lowest BCUT2D eigenvalue weighted by atomic mass is 9.94. The maximum Gasteiger partial charge on any atom is 0.243 e. The minimum atomic E-state index is -0.397. The minimum absolute atomic E-state index is 0.0358. The molecule has 7 nitrogen and oxygen atoms in total. The van der Waals surface area contributed by atoms with Crippen molar-refractivity contribution < 1.29 is 9.59 Å². The van der Waals surface area contributed by atoms with Gasteiger partial charge in [-0.1, -0.05) is 60.7 Å². The fourth-order valence-corrected chi connectivity index (χ4v) is 5.17. The van der Waals surface area contributed by atoms with Crippen LogP contribution in [0.15, 0.2) is 66.7 Å². The Labute approximate surface area is 212 Å². The Morgan fingerprint density at radius 2 is 1.81 bits per heavy atom. The first-order valence-electron chi connectivity index (χ1n) is 12.7. The highest BCUT2D eigenvalue weighted by Gasteiger charge is 2.42. The summed E-state index contributed by atoms with van der Waals surface area (Å²) in [6, 6.07) is 22.1. The van der Waals surface area contributed by atoms with E-state index in [4.69, 9.17) is 5.73 Å². The molecule has 2 fully saturated rings. The second-order valence-corrected chi connectivity index (χ2v) is 9.86. The van der Waals surface area contributed by atoms with Gasteiger partial charge in [0.15, 0.2) is 0 Å². The Morgan fingerprint density at radius 3 is 2.50 bits per heavy atom. The maximum absolute atomic E-state index is 13.2. The van der Waals surface area contributed by atoms with Crippen LogP contribution in [-0.4, -0.2) is 46.9 Å². The number of hydrogen-bond acceptors (Lipinski definition) is 5. The van der Waals surface area contributed by atoms with E-state index in [0.29, 0.717) is 31.2 Å². The molecule has 0 saturated carbocycles. The molecular formula is C29H33N5O2. The summed E-state index contributed by atoms with van der Waals surface area (Å²) in [6.07, 6.45) is 2.42. The lowest BCUT2D eigenvalue weighted by molar-refractivity contribution is -0.148. The summed E-state index contributed by atoms with van der Waals surface area (Å²) in [6.45, 7) is 3.69. The Kier molecular flexibility index (Phi) is 7.00. The van der Waals surface area contributed by atoms with E-state index in [9.17, 15) is 9.59 Å². The third kappa shape index (κ3) is 5.26. The van der Waals surface area contributed by atoms with Gasteiger partial charge < -0.3 is 21.3 Å². The van der Waals surface area contributed by atoms with E-state index in [0.717, 1.165) is 30.6 Å². The van der Waals surface area contributed by atoms with Crippen molar-refractivity contribution in [2.75, 3.05) is 18.8 Å². The molecule has 4 N–H and O–H groups in total. The molecule has 5 rings (SSSR count). The lowest BCUT2D eigenvalue weighted by Gasteiger charge is -2.41. The zero-order valence-electron chi connectivity index (χ0n) is 20.6. The molecule has 186 valence electrons. The number of amides is 2. The number of nitrogens with zero attached hydrogens (tertiary/aromatic N) is 2. The highest BCUT2D eigenvalue weighted by atomic mass is 16.2. The fourth-order valence-electron chi connectivity index (χ4n) is 5.17. The molecule has 2 amide bonds. The molecule has 36 heavy (non-hydrogen) atoms. The summed E-state index contributed by atoms with van der Waals surface area (Å²) in [5, 5.41) is 6.36. The Bertz CT molecular complexity index is 1230. The zero-order chi connectivity index (χ0) is 25.1. The van der Waals surface area contributed by atoms with Crippen LogP contribution < -0.4 is 16.4 Å². The summed E-state index contributed by atoms with van der Waals surface area (Å²) in [4.78, 5) is 31.9. The number of carbonyl (C=O) groups is 2. The second-order valence-electron chi connectivity index (χ2n) is 9.86. The highest BCUT2D eigenvalue weighted by molar-refractivity contribution is 5.91. The normalized spacial score (nSPS) is 21.1. The number of nitrogens with two attached hydrogens (primary N) is 1. The van der Waals surface area contributed by atoms with E-state index < -0.39 is 6.04 Å². The van der Waals surface area contributed by atoms with Gasteiger partial charge in [-0.3, -0.25) is 9.59 Å². The lowest BCUT2D eigenvalue weighted by Crippen LogP contribution is -2.61. The van der Waals surface area contributed by atoms with Gasteiger partial charge in [0.05, 0.1) is 6.04 Å². The number of pyridine rings is 1. The van der Waals surface area contributed by atoms with Crippen molar-refractivity contribution in [3.63, 3.8) is 0 Å². The van der Waals surface area contributed by atoms with Gasteiger partial charge >= 0.3 is 0 Å². The van der Waals surface area contributed by atoms with Gasteiger partial charge in [-0.25, -0.2) is 4.98 Å². The molecule has 0 radical (unpaired) electrons. The first-order chi connectivity index (χ1) is 17.5. The number of anilines is 1. The molecule has 0 bridgehead atoms. The Hall–Kier alpha value is -3.71. The zero-order valence-corrected chi connectivity index (χ0v) is 20.6. The predicted octanol–water partition coefficient (Wildman–Crippen LogP) is 3.08. The average molecular weight is 484 g/mol. The number of benzene rings is 2. The number of nitrogens with one attached hydrogen (secondary N) is 2. The van der Waals surface area contributed by atoms with Gasteiger partial charge in [0.1, 0.15) is 11.9 Å². The molecule has 0 unspecified atom stereocenters. The molecule has 0 aliphatic carbocycles. The van der Waals surface area contributed by atoms with Crippen LogP contribution in [0.5, 0.6) is 0 Å². The van der Waals surface area contributed by atoms with Crippen LogP contribution in [0.25, 0.3) is 11.1 Å². The van der Waals surface area contributed by atoms with Gasteiger partial charge in [-0.05, 0) is 67.0 Å². The van der Waals surface area contributed by atoms with Crippen molar-refractivity contribution in [3.05, 3.63) is 83.6 Å². The number of aryl methyl sites for hydroxylation is 1. The maximum atomic E-state index is 13.2. The van der Waals surface area contributed by atoms with Gasteiger partial charge in [0.25, 0.3) is 0 Å². The third-order valence-corrected chi connectivity index (χ3v) is 7.38. The van der Waals surface area contributed by atoms with Crippen LogP contribution in [0, 0.1) is 12.8 Å². The van der Waals surface area contributed by atoms with Gasteiger partial charge in [-0.2, -0.15) is 0 Å². The smallest absolute Gasteiger partial charge is 0.243 e. The summed E-state index contributed by atoms with van der Waals surface area (Å²) in [7, 11) is 0. The highest BCUT2D eigenvalue weighted by Crippen LogP contribution is 2.26. The number of carbonyl (C=O) groups excluding carboxylic acids is 2. The summed E-state index contributed by atoms with van der Waals surface area (Å²) < 4.78 is 0. The van der Waals surface area contributed by atoms with Crippen LogP contribution in [0.3, 0.4) is 0 Å².